The van der Waals surface area contributed by atoms with Gasteiger partial charge >= 0.3 is 5.97 Å². The molecule has 3 aromatic heterocycles. The van der Waals surface area contributed by atoms with Crippen LogP contribution < -0.4 is 4.74 Å². The van der Waals surface area contributed by atoms with E-state index in [-0.39, 0.29) is 35.6 Å². The Morgan fingerprint density at radius 2 is 1.78 bits per heavy atom. The second-order valence-corrected chi connectivity index (χ2v) is 10.7. The minimum atomic E-state index is -1.04. The van der Waals surface area contributed by atoms with Crippen LogP contribution in [-0.2, 0) is 26.1 Å². The second-order valence-electron chi connectivity index (χ2n) is 10.7. The van der Waals surface area contributed by atoms with Crippen LogP contribution in [0.25, 0.3) is 22.3 Å². The van der Waals surface area contributed by atoms with Gasteiger partial charge in [-0.15, -0.1) is 0 Å². The maximum Gasteiger partial charge on any atom is 0.335 e. The third kappa shape index (κ3) is 6.05. The summed E-state index contributed by atoms with van der Waals surface area (Å²) in [5, 5.41) is 18.5. The number of carbonyl (C=O) groups is 1. The lowest BCUT2D eigenvalue weighted by atomic mass is 10.1. The SMILES string of the molecule is CCn1c(Cn2c(Cc3ccc(-c4cccc(OCc5ccc(C#N)cc5F)n4)cc3F)nc3ccc(C(=O)O)cc32)cnc1C. The fourth-order valence-electron chi connectivity index (χ4n) is 5.41. The highest BCUT2D eigenvalue weighted by molar-refractivity contribution is 5.92. The predicted octanol–water partition coefficient (Wildman–Crippen LogP) is 6.69. The van der Waals surface area contributed by atoms with E-state index in [4.69, 9.17) is 15.0 Å². The quantitative estimate of drug-likeness (QED) is 0.182. The number of halogens is 2. The van der Waals surface area contributed by atoms with Gasteiger partial charge in [0.05, 0.1) is 52.4 Å². The number of imidazole rings is 2. The van der Waals surface area contributed by atoms with Crippen molar-refractivity contribution in [1.29, 1.82) is 5.26 Å². The fourth-order valence-corrected chi connectivity index (χ4v) is 5.41. The summed E-state index contributed by atoms with van der Waals surface area (Å²) in [5.41, 5.74) is 4.20. The zero-order chi connectivity index (χ0) is 32.4. The zero-order valence-electron chi connectivity index (χ0n) is 25.0. The van der Waals surface area contributed by atoms with Crippen LogP contribution in [0.1, 0.15) is 51.3 Å². The first kappa shape index (κ1) is 30.1. The molecule has 46 heavy (non-hydrogen) atoms. The van der Waals surface area contributed by atoms with Crippen LogP contribution in [0.2, 0.25) is 0 Å². The maximum atomic E-state index is 15.7. The van der Waals surface area contributed by atoms with Crippen LogP contribution in [0.4, 0.5) is 8.78 Å². The van der Waals surface area contributed by atoms with E-state index in [0.29, 0.717) is 46.8 Å². The normalized spacial score (nSPS) is 11.1. The summed E-state index contributed by atoms with van der Waals surface area (Å²) in [6.07, 6.45) is 1.95. The molecule has 9 nitrogen and oxygen atoms in total. The number of rotatable bonds is 10. The van der Waals surface area contributed by atoms with Crippen molar-refractivity contribution in [2.24, 2.45) is 0 Å². The van der Waals surface area contributed by atoms with E-state index >= 15 is 4.39 Å². The molecule has 230 valence electrons. The van der Waals surface area contributed by atoms with Crippen molar-refractivity contribution >= 4 is 17.0 Å². The highest BCUT2D eigenvalue weighted by atomic mass is 19.1. The molecule has 6 aromatic rings. The molecule has 11 heteroatoms. The Balaban J connectivity index is 1.27. The van der Waals surface area contributed by atoms with Gasteiger partial charge in [0.1, 0.15) is 29.9 Å². The Bertz CT molecular complexity index is 2150. The van der Waals surface area contributed by atoms with Gasteiger partial charge in [-0.3, -0.25) is 0 Å². The van der Waals surface area contributed by atoms with Crippen LogP contribution in [0.3, 0.4) is 0 Å². The highest BCUT2D eigenvalue weighted by Crippen LogP contribution is 2.27. The van der Waals surface area contributed by atoms with E-state index in [1.165, 1.54) is 24.3 Å². The molecule has 0 bridgehead atoms. The Labute approximate surface area is 263 Å². The number of carboxylic acids is 1. The molecule has 0 spiro atoms. The third-order valence-electron chi connectivity index (χ3n) is 7.83. The first-order valence-corrected chi connectivity index (χ1v) is 14.5. The van der Waals surface area contributed by atoms with E-state index in [1.54, 1.807) is 48.7 Å². The molecule has 1 N–H and O–H groups in total. The van der Waals surface area contributed by atoms with Crippen LogP contribution in [0.15, 0.2) is 79.0 Å². The molecule has 0 aliphatic heterocycles. The Hall–Kier alpha value is -5.89. The molecule has 0 amide bonds. The standard InChI is InChI=1S/C35H28F2N6O3/c1-3-42-21(2)39-18-27(42)19-43-32-15-25(35(44)45)11-12-31(32)40-33(43)16-23-9-10-24(14-29(23)37)30-5-4-6-34(41-30)46-20-26-8-7-22(17-38)13-28(26)36/h4-15,18H,3,16,19-20H2,1-2H3,(H,44,45). The van der Waals surface area contributed by atoms with Crippen molar-refractivity contribution in [3.63, 3.8) is 0 Å². The van der Waals surface area contributed by atoms with E-state index in [1.807, 2.05) is 24.5 Å². The highest BCUT2D eigenvalue weighted by Gasteiger charge is 2.18. The first-order valence-electron chi connectivity index (χ1n) is 14.5. The van der Waals surface area contributed by atoms with Crippen LogP contribution >= 0.6 is 0 Å². The molecule has 3 heterocycles. The van der Waals surface area contributed by atoms with E-state index in [9.17, 15) is 14.3 Å². The number of nitrogens with zero attached hydrogens (tertiary/aromatic N) is 6. The molecule has 6 rings (SSSR count). The first-order chi connectivity index (χ1) is 22.2. The molecular formula is C35H28F2N6O3. The number of aromatic carboxylic acids is 1. The summed E-state index contributed by atoms with van der Waals surface area (Å²) in [6.45, 7) is 4.95. The number of nitriles is 1. The average Bonchev–Trinajstić information content (AvgIpc) is 3.59. The van der Waals surface area contributed by atoms with Gasteiger partial charge in [0, 0.05) is 30.2 Å². The summed E-state index contributed by atoms with van der Waals surface area (Å²) < 4.78 is 39.6. The molecular weight excluding hydrogens is 590 g/mol. The molecule has 0 atom stereocenters. The number of ether oxygens (including phenoxy) is 1. The van der Waals surface area contributed by atoms with Gasteiger partial charge in [-0.25, -0.2) is 28.5 Å². The maximum absolute atomic E-state index is 15.7. The van der Waals surface area contributed by atoms with E-state index < -0.39 is 17.6 Å². The molecule has 0 fully saturated rings. The number of aryl methyl sites for hydroxylation is 1. The van der Waals surface area contributed by atoms with E-state index in [2.05, 4.69) is 14.5 Å². The largest absolute Gasteiger partial charge is 0.478 e. The van der Waals surface area contributed by atoms with Crippen molar-refractivity contribution in [2.45, 2.75) is 40.0 Å². The number of fused-ring (bicyclic) bond motifs is 1. The van der Waals surface area contributed by atoms with Crippen LogP contribution in [0, 0.1) is 29.9 Å². The molecule has 0 aliphatic carbocycles. The summed E-state index contributed by atoms with van der Waals surface area (Å²) in [4.78, 5) is 25.4. The fraction of sp³-hybridized carbons (Fsp3) is 0.171. The molecule has 3 aromatic carbocycles. The smallest absolute Gasteiger partial charge is 0.335 e. The summed E-state index contributed by atoms with van der Waals surface area (Å²) >= 11 is 0. The van der Waals surface area contributed by atoms with Crippen molar-refractivity contribution in [2.75, 3.05) is 0 Å². The van der Waals surface area contributed by atoms with Crippen LogP contribution in [-0.4, -0.2) is 35.2 Å². The number of aromatic nitrogens is 5. The molecule has 0 saturated carbocycles. The molecule has 0 saturated heterocycles. The number of hydrogen-bond donors (Lipinski definition) is 1. The molecule has 0 radical (unpaired) electrons. The van der Waals surface area contributed by atoms with Gasteiger partial charge in [-0.2, -0.15) is 5.26 Å². The molecule has 0 aliphatic rings. The Morgan fingerprint density at radius 1 is 0.978 bits per heavy atom. The number of benzene rings is 3. The second kappa shape index (κ2) is 12.6. The number of pyridine rings is 1. The Kier molecular flexibility index (Phi) is 8.27. The lowest BCUT2D eigenvalue weighted by Crippen LogP contribution is -2.11. The lowest BCUT2D eigenvalue weighted by Gasteiger charge is -2.13. The number of carboxylic acid groups (broad SMARTS) is 1. The minimum absolute atomic E-state index is 0.0884. The average molecular weight is 619 g/mol. The third-order valence-corrected chi connectivity index (χ3v) is 7.83. The number of hydrogen-bond acceptors (Lipinski definition) is 6. The van der Waals surface area contributed by atoms with Gasteiger partial charge in [0.15, 0.2) is 0 Å². The van der Waals surface area contributed by atoms with Gasteiger partial charge in [0.25, 0.3) is 0 Å². The van der Waals surface area contributed by atoms with E-state index in [0.717, 1.165) is 17.6 Å². The lowest BCUT2D eigenvalue weighted by molar-refractivity contribution is 0.0697. The van der Waals surface area contributed by atoms with Crippen molar-refractivity contribution in [3.05, 3.63) is 130 Å². The summed E-state index contributed by atoms with van der Waals surface area (Å²) in [6, 6.07) is 20.7. The van der Waals surface area contributed by atoms with Crippen molar-refractivity contribution in [1.82, 2.24) is 24.1 Å². The monoisotopic (exact) mass is 618 g/mol. The van der Waals surface area contributed by atoms with Gasteiger partial charge in [0.2, 0.25) is 5.88 Å². The minimum Gasteiger partial charge on any atom is -0.478 e. The zero-order valence-corrected chi connectivity index (χ0v) is 25.0. The summed E-state index contributed by atoms with van der Waals surface area (Å²) in [7, 11) is 0. The van der Waals surface area contributed by atoms with Crippen molar-refractivity contribution in [3.8, 4) is 23.2 Å². The van der Waals surface area contributed by atoms with Gasteiger partial charge in [-0.05, 0) is 61.9 Å². The predicted molar refractivity (Wildman–Crippen MR) is 166 cm³/mol. The van der Waals surface area contributed by atoms with Gasteiger partial charge < -0.3 is 19.0 Å². The van der Waals surface area contributed by atoms with Gasteiger partial charge in [-0.1, -0.05) is 24.3 Å². The molecule has 0 unspecified atom stereocenters. The Morgan fingerprint density at radius 3 is 2.52 bits per heavy atom. The topological polar surface area (TPSA) is 119 Å². The van der Waals surface area contributed by atoms with Crippen molar-refractivity contribution < 1.29 is 23.4 Å². The summed E-state index contributed by atoms with van der Waals surface area (Å²) in [5.74, 6) is -0.368. The van der Waals surface area contributed by atoms with Crippen LogP contribution in [0.5, 0.6) is 5.88 Å².